The Hall–Kier alpha value is -1.84. The molecule has 1 unspecified atom stereocenters. The number of unbranched alkanes of at least 4 members (excludes halogenated alkanes) is 1. The lowest BCUT2D eigenvalue weighted by atomic mass is 10.1. The Morgan fingerprint density at radius 2 is 2.12 bits per heavy atom. The molecule has 2 rings (SSSR count). The van der Waals surface area contributed by atoms with E-state index in [1.807, 2.05) is 30.3 Å². The molecule has 0 radical (unpaired) electrons. The largest absolute Gasteiger partial charge is 0.376 e. The Kier molecular flexibility index (Phi) is 3.75. The average Bonchev–Trinajstić information content (AvgIpc) is 2.37. The van der Waals surface area contributed by atoms with Crippen molar-refractivity contribution in [1.82, 2.24) is 5.32 Å². The van der Waals surface area contributed by atoms with Crippen LogP contribution in [0.5, 0.6) is 0 Å². The Balaban J connectivity index is 2.05. The second-order valence-corrected chi connectivity index (χ2v) is 4.03. The minimum atomic E-state index is -0.624. The van der Waals surface area contributed by atoms with Crippen LogP contribution in [0.1, 0.15) is 37.9 Å². The zero-order chi connectivity index (χ0) is 12.1. The first-order valence-electron chi connectivity index (χ1n) is 5.89. The van der Waals surface area contributed by atoms with Crippen molar-refractivity contribution in [2.24, 2.45) is 5.16 Å². The van der Waals surface area contributed by atoms with Crippen LogP contribution in [0.15, 0.2) is 35.5 Å². The molecule has 1 atom stereocenters. The fourth-order valence-corrected chi connectivity index (χ4v) is 1.69. The van der Waals surface area contributed by atoms with Crippen LogP contribution in [0.4, 0.5) is 0 Å². The summed E-state index contributed by atoms with van der Waals surface area (Å²) >= 11 is 0. The molecule has 0 aromatic heterocycles. The first kappa shape index (κ1) is 11.6. The summed E-state index contributed by atoms with van der Waals surface area (Å²) in [7, 11) is 0. The summed E-state index contributed by atoms with van der Waals surface area (Å²) in [5, 5.41) is 6.75. The molecule has 1 amide bonds. The highest BCUT2D eigenvalue weighted by molar-refractivity contribution is 6.01. The fraction of sp³-hybridized carbons (Fsp3) is 0.385. The lowest BCUT2D eigenvalue weighted by molar-refractivity contribution is -0.133. The van der Waals surface area contributed by atoms with Gasteiger partial charge < -0.3 is 10.2 Å². The third-order valence-corrected chi connectivity index (χ3v) is 2.64. The Morgan fingerprint density at radius 1 is 1.35 bits per heavy atom. The van der Waals surface area contributed by atoms with E-state index >= 15 is 0 Å². The van der Waals surface area contributed by atoms with Crippen LogP contribution in [-0.2, 0) is 9.63 Å². The number of nitrogens with zero attached hydrogens (tertiary/aromatic N) is 1. The van der Waals surface area contributed by atoms with Crippen LogP contribution in [0.3, 0.4) is 0 Å². The van der Waals surface area contributed by atoms with Crippen molar-refractivity contribution in [1.29, 1.82) is 0 Å². The second kappa shape index (κ2) is 5.48. The molecule has 1 aliphatic rings. The number of carbonyl (C=O) groups excluding carboxylic acids is 1. The standard InChI is InChI=1S/C13H16N2O2/c1-2-3-9-11-14-13(16)12(17-15-11)10-7-5-4-6-8-10/h4-8,12H,2-3,9H2,1H3,(H,14,15,16). The second-order valence-electron chi connectivity index (χ2n) is 4.03. The molecule has 4 heteroatoms. The number of benzene rings is 1. The van der Waals surface area contributed by atoms with Gasteiger partial charge in [-0.15, -0.1) is 0 Å². The predicted molar refractivity (Wildman–Crippen MR) is 65.4 cm³/mol. The first-order valence-corrected chi connectivity index (χ1v) is 5.89. The Labute approximate surface area is 101 Å². The minimum absolute atomic E-state index is 0.141. The van der Waals surface area contributed by atoms with Crippen molar-refractivity contribution in [2.75, 3.05) is 0 Å². The van der Waals surface area contributed by atoms with Crippen molar-refractivity contribution in [3.05, 3.63) is 35.9 Å². The topological polar surface area (TPSA) is 50.7 Å². The van der Waals surface area contributed by atoms with E-state index < -0.39 is 6.10 Å². The van der Waals surface area contributed by atoms with Gasteiger partial charge in [0.15, 0.2) is 0 Å². The van der Waals surface area contributed by atoms with Gasteiger partial charge in [-0.25, -0.2) is 0 Å². The maximum absolute atomic E-state index is 11.9. The zero-order valence-corrected chi connectivity index (χ0v) is 9.85. The van der Waals surface area contributed by atoms with Gasteiger partial charge in [-0.2, -0.15) is 0 Å². The number of hydrogen-bond acceptors (Lipinski definition) is 3. The highest BCUT2D eigenvalue weighted by atomic mass is 16.6. The molecule has 1 heterocycles. The summed E-state index contributed by atoms with van der Waals surface area (Å²) in [5.74, 6) is 0.487. The smallest absolute Gasteiger partial charge is 0.274 e. The van der Waals surface area contributed by atoms with Crippen molar-refractivity contribution in [2.45, 2.75) is 32.3 Å². The Bertz CT molecular complexity index is 415. The summed E-state index contributed by atoms with van der Waals surface area (Å²) in [6.07, 6.45) is 2.20. The van der Waals surface area contributed by atoms with Gasteiger partial charge in [0.1, 0.15) is 5.84 Å². The molecule has 1 N–H and O–H groups in total. The highest BCUT2D eigenvalue weighted by Crippen LogP contribution is 2.20. The maximum Gasteiger partial charge on any atom is 0.274 e. The number of amides is 1. The fourth-order valence-electron chi connectivity index (χ4n) is 1.69. The van der Waals surface area contributed by atoms with Crippen molar-refractivity contribution in [3.8, 4) is 0 Å². The summed E-state index contributed by atoms with van der Waals surface area (Å²) in [6, 6.07) is 9.37. The molecule has 0 saturated carbocycles. The van der Waals surface area contributed by atoms with Gasteiger partial charge in [-0.3, -0.25) is 4.79 Å². The quantitative estimate of drug-likeness (QED) is 0.866. The number of hydrogen-bond donors (Lipinski definition) is 1. The first-order chi connectivity index (χ1) is 8.31. The number of carbonyl (C=O) groups is 1. The number of nitrogens with one attached hydrogen (secondary N) is 1. The molecule has 1 aliphatic heterocycles. The summed E-state index contributed by atoms with van der Waals surface area (Å²) in [6.45, 7) is 2.10. The van der Waals surface area contributed by atoms with E-state index in [9.17, 15) is 4.79 Å². The highest BCUT2D eigenvalue weighted by Gasteiger charge is 2.27. The SMILES string of the molecule is CCCCC1=NOC(c2ccccc2)C(=O)N1. The third kappa shape index (κ3) is 2.84. The van der Waals surface area contributed by atoms with Gasteiger partial charge in [-0.1, -0.05) is 48.8 Å². The van der Waals surface area contributed by atoms with Crippen LogP contribution in [-0.4, -0.2) is 11.7 Å². The van der Waals surface area contributed by atoms with Gasteiger partial charge in [-0.05, 0) is 6.42 Å². The number of oxime groups is 1. The zero-order valence-electron chi connectivity index (χ0n) is 9.85. The van der Waals surface area contributed by atoms with E-state index in [4.69, 9.17) is 4.84 Å². The molecule has 1 aromatic rings. The van der Waals surface area contributed by atoms with Gasteiger partial charge >= 0.3 is 0 Å². The van der Waals surface area contributed by atoms with E-state index in [2.05, 4.69) is 17.4 Å². The molecule has 0 saturated heterocycles. The summed E-state index contributed by atoms with van der Waals surface area (Å²) < 4.78 is 0. The van der Waals surface area contributed by atoms with Crippen LogP contribution < -0.4 is 5.32 Å². The Morgan fingerprint density at radius 3 is 2.76 bits per heavy atom. The number of amidine groups is 1. The van der Waals surface area contributed by atoms with Gasteiger partial charge in [0.2, 0.25) is 6.10 Å². The van der Waals surface area contributed by atoms with E-state index in [1.54, 1.807) is 0 Å². The van der Waals surface area contributed by atoms with E-state index in [0.717, 1.165) is 24.8 Å². The van der Waals surface area contributed by atoms with Crippen molar-refractivity contribution >= 4 is 11.7 Å². The molecule has 0 fully saturated rings. The van der Waals surface area contributed by atoms with Crippen LogP contribution in [0.2, 0.25) is 0 Å². The van der Waals surface area contributed by atoms with E-state index in [0.29, 0.717) is 5.84 Å². The monoisotopic (exact) mass is 232 g/mol. The van der Waals surface area contributed by atoms with Crippen LogP contribution >= 0.6 is 0 Å². The third-order valence-electron chi connectivity index (χ3n) is 2.64. The van der Waals surface area contributed by atoms with Gasteiger partial charge in [0.05, 0.1) is 0 Å². The molecule has 0 bridgehead atoms. The average molecular weight is 232 g/mol. The molecule has 90 valence electrons. The molecular formula is C13H16N2O2. The number of rotatable bonds is 4. The van der Waals surface area contributed by atoms with Gasteiger partial charge in [0, 0.05) is 12.0 Å². The molecular weight excluding hydrogens is 216 g/mol. The summed E-state index contributed by atoms with van der Waals surface area (Å²) in [4.78, 5) is 17.1. The van der Waals surface area contributed by atoms with Gasteiger partial charge in [0.25, 0.3) is 5.91 Å². The minimum Gasteiger partial charge on any atom is -0.376 e. The van der Waals surface area contributed by atoms with Crippen molar-refractivity contribution < 1.29 is 9.63 Å². The van der Waals surface area contributed by atoms with Crippen LogP contribution in [0, 0.1) is 0 Å². The normalized spacial score (nSPS) is 19.2. The molecule has 17 heavy (non-hydrogen) atoms. The summed E-state index contributed by atoms with van der Waals surface area (Å²) in [5.41, 5.74) is 0.822. The molecule has 1 aromatic carbocycles. The van der Waals surface area contributed by atoms with E-state index in [-0.39, 0.29) is 5.91 Å². The van der Waals surface area contributed by atoms with E-state index in [1.165, 1.54) is 0 Å². The maximum atomic E-state index is 11.9. The van der Waals surface area contributed by atoms with Crippen molar-refractivity contribution in [3.63, 3.8) is 0 Å². The lowest BCUT2D eigenvalue weighted by Gasteiger charge is -2.21. The molecule has 0 spiro atoms. The molecule has 4 nitrogen and oxygen atoms in total. The lowest BCUT2D eigenvalue weighted by Crippen LogP contribution is -2.39. The predicted octanol–water partition coefficient (Wildman–Crippen LogP) is 2.38. The van der Waals surface area contributed by atoms with Crippen LogP contribution in [0.25, 0.3) is 0 Å². The molecule has 0 aliphatic carbocycles.